The van der Waals surface area contributed by atoms with Crippen molar-refractivity contribution >= 4 is 11.5 Å². The first-order valence-electron chi connectivity index (χ1n) is 6.87. The van der Waals surface area contributed by atoms with E-state index in [2.05, 4.69) is 15.2 Å². The number of carbonyl (C=O) groups is 1. The predicted molar refractivity (Wildman–Crippen MR) is 79.9 cm³/mol. The Morgan fingerprint density at radius 1 is 0.957 bits per heavy atom. The van der Waals surface area contributed by atoms with Crippen molar-refractivity contribution in [2.45, 2.75) is 0 Å². The van der Waals surface area contributed by atoms with E-state index in [1.807, 2.05) is 12.1 Å². The van der Waals surface area contributed by atoms with Gasteiger partial charge in [0.05, 0.1) is 0 Å². The highest BCUT2D eigenvalue weighted by Crippen LogP contribution is 2.34. The van der Waals surface area contributed by atoms with Gasteiger partial charge in [0.15, 0.2) is 17.2 Å². The van der Waals surface area contributed by atoms with Crippen LogP contribution in [0.2, 0.25) is 0 Å². The van der Waals surface area contributed by atoms with Crippen molar-refractivity contribution in [3.8, 4) is 22.6 Å². The minimum Gasteiger partial charge on any atom is -0.595 e. The third-order valence-corrected chi connectivity index (χ3v) is 3.70. The Morgan fingerprint density at radius 2 is 1.74 bits per heavy atom. The number of nitrogens with zero attached hydrogens (tertiary/aromatic N) is 3. The first-order chi connectivity index (χ1) is 11.1. The van der Waals surface area contributed by atoms with Crippen molar-refractivity contribution in [2.24, 2.45) is 0 Å². The molecule has 0 amide bonds. The van der Waals surface area contributed by atoms with E-state index in [9.17, 15) is 10.0 Å². The molecule has 7 heteroatoms. The van der Waals surface area contributed by atoms with Crippen LogP contribution in [-0.4, -0.2) is 26.2 Å². The van der Waals surface area contributed by atoms with E-state index >= 15 is 0 Å². The molecule has 0 saturated carbocycles. The lowest BCUT2D eigenvalue weighted by Crippen LogP contribution is -2.99. The molecule has 1 unspecified atom stereocenters. The van der Waals surface area contributed by atoms with E-state index in [0.717, 1.165) is 5.56 Å². The molecule has 23 heavy (non-hydrogen) atoms. The van der Waals surface area contributed by atoms with Crippen LogP contribution in [-0.2, 0) is 0 Å². The Kier molecular flexibility index (Phi) is 2.98. The Labute approximate surface area is 130 Å². The molecule has 2 aromatic carbocycles. The molecule has 0 radical (unpaired) electrons. The van der Waals surface area contributed by atoms with Gasteiger partial charge in [-0.1, -0.05) is 36.4 Å². The molecular weight excluding hydrogens is 296 g/mol. The molecule has 1 aromatic heterocycles. The summed E-state index contributed by atoms with van der Waals surface area (Å²) in [5, 5.41) is 27.1. The van der Waals surface area contributed by atoms with Gasteiger partial charge in [-0.3, -0.25) is 4.79 Å². The molecule has 0 bridgehead atoms. The summed E-state index contributed by atoms with van der Waals surface area (Å²) in [7, 11) is 0. The van der Waals surface area contributed by atoms with Gasteiger partial charge in [0.1, 0.15) is 5.69 Å². The van der Waals surface area contributed by atoms with E-state index in [1.165, 1.54) is 12.1 Å². The summed E-state index contributed by atoms with van der Waals surface area (Å²) in [6.07, 6.45) is 0. The molecular formula is C16H10N4O3. The zero-order chi connectivity index (χ0) is 16.0. The van der Waals surface area contributed by atoms with Crippen LogP contribution in [0.25, 0.3) is 22.6 Å². The van der Waals surface area contributed by atoms with Crippen LogP contribution in [0.3, 0.4) is 0 Å². The van der Waals surface area contributed by atoms with Crippen LogP contribution in [0.1, 0.15) is 16.1 Å². The summed E-state index contributed by atoms with van der Waals surface area (Å²) in [6, 6.07) is 13.4. The molecule has 2 N–H and O–H groups in total. The second-order valence-electron chi connectivity index (χ2n) is 5.09. The van der Waals surface area contributed by atoms with Crippen molar-refractivity contribution in [3.05, 3.63) is 65.0 Å². The lowest BCUT2D eigenvalue weighted by atomic mass is 10.1. The maximum Gasteiger partial charge on any atom is 0.216 e. The van der Waals surface area contributed by atoms with E-state index in [0.29, 0.717) is 16.8 Å². The van der Waals surface area contributed by atoms with Gasteiger partial charge in [0.2, 0.25) is 5.78 Å². The summed E-state index contributed by atoms with van der Waals surface area (Å²) >= 11 is 0. The quantitative estimate of drug-likeness (QED) is 0.538. The first-order valence-corrected chi connectivity index (χ1v) is 6.87. The van der Waals surface area contributed by atoms with Gasteiger partial charge >= 0.3 is 0 Å². The molecule has 0 aliphatic heterocycles. The molecule has 1 heterocycles. The number of fused-ring (bicyclic) bond motifs is 3. The number of hydrogen-bond donors (Lipinski definition) is 2. The number of ketones is 1. The first kappa shape index (κ1) is 13.6. The lowest BCUT2D eigenvalue weighted by molar-refractivity contribution is -0.991. The van der Waals surface area contributed by atoms with Gasteiger partial charge in [-0.25, -0.2) is 10.2 Å². The molecule has 1 atom stereocenters. The van der Waals surface area contributed by atoms with Crippen LogP contribution in [0.15, 0.2) is 48.5 Å². The van der Waals surface area contributed by atoms with Crippen molar-refractivity contribution in [1.82, 2.24) is 15.2 Å². The Balaban J connectivity index is 1.86. The summed E-state index contributed by atoms with van der Waals surface area (Å²) in [4.78, 5) is 16.7. The third kappa shape index (κ3) is 2.11. The Morgan fingerprint density at radius 3 is 2.52 bits per heavy atom. The average Bonchev–Trinajstić information content (AvgIpc) is 2.88. The standard InChI is InChI=1S/C16H10N4O3/c21-15-12-7-2-1-6-11(12)13-14(15)18-19-16(17-13)9-4-3-5-10(8-9)20(22)23/h1-8,20,22H. The minimum atomic E-state index is -1.03. The number of hydrogen-bond acceptors (Lipinski definition) is 6. The van der Waals surface area contributed by atoms with Crippen LogP contribution in [0.4, 0.5) is 5.69 Å². The minimum absolute atomic E-state index is 0.142. The van der Waals surface area contributed by atoms with Gasteiger partial charge < -0.3 is 5.21 Å². The topological polar surface area (TPSA) is 103 Å². The van der Waals surface area contributed by atoms with E-state index in [-0.39, 0.29) is 23.0 Å². The molecule has 0 spiro atoms. The molecule has 0 fully saturated rings. The summed E-state index contributed by atoms with van der Waals surface area (Å²) in [5.41, 5.74) is 2.67. The second-order valence-corrected chi connectivity index (χ2v) is 5.09. The highest BCUT2D eigenvalue weighted by Gasteiger charge is 2.30. The predicted octanol–water partition coefficient (Wildman–Crippen LogP) is 1.15. The van der Waals surface area contributed by atoms with Gasteiger partial charge in [-0.15, -0.1) is 10.2 Å². The van der Waals surface area contributed by atoms with Crippen LogP contribution < -0.4 is 5.23 Å². The zero-order valence-corrected chi connectivity index (χ0v) is 11.7. The molecule has 1 aliphatic carbocycles. The second kappa shape index (κ2) is 5.03. The van der Waals surface area contributed by atoms with Crippen LogP contribution >= 0.6 is 0 Å². The van der Waals surface area contributed by atoms with Crippen molar-refractivity contribution in [3.63, 3.8) is 0 Å². The normalized spacial score (nSPS) is 13.6. The molecule has 112 valence electrons. The van der Waals surface area contributed by atoms with Crippen molar-refractivity contribution in [2.75, 3.05) is 0 Å². The fraction of sp³-hybridized carbons (Fsp3) is 0. The number of carbonyl (C=O) groups excluding carboxylic acids is 1. The molecule has 1 aliphatic rings. The molecule has 3 aromatic rings. The number of nitrogens with one attached hydrogen (secondary N) is 1. The fourth-order valence-corrected chi connectivity index (χ4v) is 2.60. The number of benzene rings is 2. The maximum absolute atomic E-state index is 12.3. The molecule has 4 rings (SSSR count). The van der Waals surface area contributed by atoms with E-state index in [4.69, 9.17) is 5.21 Å². The molecule has 7 nitrogen and oxygen atoms in total. The summed E-state index contributed by atoms with van der Waals surface area (Å²) in [6.45, 7) is 0. The zero-order valence-electron chi connectivity index (χ0n) is 11.7. The average molecular weight is 306 g/mol. The molecule has 0 saturated heterocycles. The largest absolute Gasteiger partial charge is 0.595 e. The Hall–Kier alpha value is -3.00. The third-order valence-electron chi connectivity index (χ3n) is 3.70. The van der Waals surface area contributed by atoms with Gasteiger partial charge in [-0.05, 0) is 0 Å². The van der Waals surface area contributed by atoms with Gasteiger partial charge in [-0.2, -0.15) is 5.23 Å². The van der Waals surface area contributed by atoms with Gasteiger partial charge in [0, 0.05) is 28.8 Å². The van der Waals surface area contributed by atoms with Crippen molar-refractivity contribution in [1.29, 1.82) is 0 Å². The fourth-order valence-electron chi connectivity index (χ4n) is 2.60. The number of quaternary nitrogens is 1. The highest BCUT2D eigenvalue weighted by atomic mass is 16.8. The Bertz CT molecular complexity index is 940. The van der Waals surface area contributed by atoms with Gasteiger partial charge in [0.25, 0.3) is 0 Å². The SMILES string of the molecule is O=C1c2ccccc2-c2nc(-c3cccc([NH+]([O-])O)c3)nnc21. The summed E-state index contributed by atoms with van der Waals surface area (Å²) < 4.78 is 0. The number of aromatic nitrogens is 3. The number of rotatable bonds is 2. The van der Waals surface area contributed by atoms with Crippen LogP contribution in [0.5, 0.6) is 0 Å². The lowest BCUT2D eigenvalue weighted by Gasteiger charge is -2.11. The van der Waals surface area contributed by atoms with E-state index in [1.54, 1.807) is 24.3 Å². The van der Waals surface area contributed by atoms with Crippen LogP contribution in [0, 0.1) is 5.21 Å². The summed E-state index contributed by atoms with van der Waals surface area (Å²) in [5.74, 6) is 0.0952. The smallest absolute Gasteiger partial charge is 0.216 e. The maximum atomic E-state index is 12.3. The van der Waals surface area contributed by atoms with E-state index < -0.39 is 5.23 Å². The highest BCUT2D eigenvalue weighted by molar-refractivity contribution is 6.19. The van der Waals surface area contributed by atoms with Crippen molar-refractivity contribution < 1.29 is 15.2 Å². The monoisotopic (exact) mass is 306 g/mol.